The van der Waals surface area contributed by atoms with Crippen LogP contribution in [0.25, 0.3) is 0 Å². The fourth-order valence-corrected chi connectivity index (χ4v) is 2.42. The second-order valence-electron chi connectivity index (χ2n) is 5.02. The number of halogens is 2. The second-order valence-corrected chi connectivity index (χ2v) is 5.41. The lowest BCUT2D eigenvalue weighted by Gasteiger charge is -2.38. The number of ether oxygens (including phenoxy) is 1. The van der Waals surface area contributed by atoms with E-state index in [0.29, 0.717) is 35.7 Å². The number of aromatic nitrogens is 3. The summed E-state index contributed by atoms with van der Waals surface area (Å²) in [5, 5.41) is 0.316. The molecule has 0 spiro atoms. The molecule has 1 aliphatic rings. The minimum atomic E-state index is -0.258. The molecule has 2 aromatic heterocycles. The van der Waals surface area contributed by atoms with E-state index in [1.165, 1.54) is 18.6 Å². The van der Waals surface area contributed by atoms with Crippen LogP contribution in [0.1, 0.15) is 5.56 Å². The van der Waals surface area contributed by atoms with Gasteiger partial charge in [-0.2, -0.15) is 4.98 Å². The van der Waals surface area contributed by atoms with Gasteiger partial charge in [0.25, 0.3) is 0 Å². The van der Waals surface area contributed by atoms with Crippen molar-refractivity contribution >= 4 is 11.6 Å². The minimum absolute atomic E-state index is 0.258. The molecule has 5 nitrogen and oxygen atoms in total. The van der Waals surface area contributed by atoms with Gasteiger partial charge in [-0.3, -0.25) is 14.9 Å². The van der Waals surface area contributed by atoms with Gasteiger partial charge >= 0.3 is 0 Å². The first-order chi connectivity index (χ1) is 10.2. The van der Waals surface area contributed by atoms with Gasteiger partial charge in [0.05, 0.1) is 25.2 Å². The zero-order valence-electron chi connectivity index (χ0n) is 11.2. The highest BCUT2D eigenvalue weighted by Gasteiger charge is 2.27. The minimum Gasteiger partial charge on any atom is -0.476 e. The summed E-state index contributed by atoms with van der Waals surface area (Å²) in [6, 6.07) is 1.71. The Morgan fingerprint density at radius 2 is 2.14 bits per heavy atom. The number of rotatable bonds is 5. The number of pyridine rings is 1. The van der Waals surface area contributed by atoms with Crippen LogP contribution >= 0.6 is 11.6 Å². The van der Waals surface area contributed by atoms with E-state index in [4.69, 9.17) is 16.3 Å². The van der Waals surface area contributed by atoms with Gasteiger partial charge < -0.3 is 4.74 Å². The lowest BCUT2D eigenvalue weighted by molar-refractivity contribution is 0.0534. The molecule has 110 valence electrons. The monoisotopic (exact) mass is 308 g/mol. The fraction of sp³-hybridized carbons (Fsp3) is 0.357. The summed E-state index contributed by atoms with van der Waals surface area (Å²) < 4.78 is 19.0. The molecule has 0 atom stereocenters. The number of likely N-dealkylation sites (tertiary alicyclic amines) is 1. The van der Waals surface area contributed by atoms with Crippen LogP contribution in [-0.4, -0.2) is 39.5 Å². The van der Waals surface area contributed by atoms with Crippen molar-refractivity contribution in [2.45, 2.75) is 6.54 Å². The molecule has 7 heteroatoms. The van der Waals surface area contributed by atoms with Gasteiger partial charge in [-0.05, 0) is 6.07 Å². The van der Waals surface area contributed by atoms with Crippen LogP contribution < -0.4 is 4.74 Å². The van der Waals surface area contributed by atoms with Crippen LogP contribution in [-0.2, 0) is 6.54 Å². The van der Waals surface area contributed by atoms with Crippen molar-refractivity contribution < 1.29 is 9.13 Å². The third-order valence-corrected chi connectivity index (χ3v) is 3.52. The predicted molar refractivity (Wildman–Crippen MR) is 75.5 cm³/mol. The topological polar surface area (TPSA) is 51.1 Å². The molecule has 0 aromatic carbocycles. The summed E-state index contributed by atoms with van der Waals surface area (Å²) in [7, 11) is 0. The van der Waals surface area contributed by atoms with Crippen LogP contribution in [0.4, 0.5) is 4.39 Å². The standard InChI is InChI=1S/C14H14ClFN4O/c15-13-4-18-5-14(19-13)21-9-10-6-20(7-10)8-11-1-2-17-3-12(11)16/h1-5,10H,6-9H2. The first-order valence-corrected chi connectivity index (χ1v) is 6.99. The maximum Gasteiger partial charge on any atom is 0.233 e. The molecule has 3 rings (SSSR count). The Labute approximate surface area is 126 Å². The number of hydrogen-bond donors (Lipinski definition) is 0. The average Bonchev–Trinajstić information content (AvgIpc) is 2.43. The van der Waals surface area contributed by atoms with E-state index in [9.17, 15) is 4.39 Å². The SMILES string of the molecule is Fc1cnccc1CN1CC(COc2cncc(Cl)n2)C1. The fourth-order valence-electron chi connectivity index (χ4n) is 2.28. The van der Waals surface area contributed by atoms with E-state index in [2.05, 4.69) is 19.9 Å². The summed E-state index contributed by atoms with van der Waals surface area (Å²) in [6.07, 6.45) is 5.85. The lowest BCUT2D eigenvalue weighted by atomic mass is 10.0. The number of nitrogens with zero attached hydrogens (tertiary/aromatic N) is 4. The molecule has 0 N–H and O–H groups in total. The third kappa shape index (κ3) is 3.65. The molecule has 0 radical (unpaired) electrons. The first-order valence-electron chi connectivity index (χ1n) is 6.62. The lowest BCUT2D eigenvalue weighted by Crippen LogP contribution is -2.48. The highest BCUT2D eigenvalue weighted by atomic mass is 35.5. The van der Waals surface area contributed by atoms with Gasteiger partial charge in [0.2, 0.25) is 5.88 Å². The molecule has 0 saturated carbocycles. The highest BCUT2D eigenvalue weighted by molar-refractivity contribution is 6.29. The molecule has 21 heavy (non-hydrogen) atoms. The highest BCUT2D eigenvalue weighted by Crippen LogP contribution is 2.20. The molecular weight excluding hydrogens is 295 g/mol. The Balaban J connectivity index is 1.43. The largest absolute Gasteiger partial charge is 0.476 e. The van der Waals surface area contributed by atoms with Crippen molar-refractivity contribution in [3.63, 3.8) is 0 Å². The van der Waals surface area contributed by atoms with Crippen molar-refractivity contribution in [2.75, 3.05) is 19.7 Å². The van der Waals surface area contributed by atoms with E-state index >= 15 is 0 Å². The molecule has 0 aliphatic carbocycles. The second kappa shape index (κ2) is 6.32. The van der Waals surface area contributed by atoms with Gasteiger partial charge in [-0.1, -0.05) is 11.6 Å². The van der Waals surface area contributed by atoms with E-state index in [0.717, 1.165) is 13.1 Å². The van der Waals surface area contributed by atoms with E-state index in [1.54, 1.807) is 12.3 Å². The predicted octanol–water partition coefficient (Wildman–Crippen LogP) is 2.17. The Hall–Kier alpha value is -1.79. The van der Waals surface area contributed by atoms with Crippen LogP contribution in [0, 0.1) is 11.7 Å². The van der Waals surface area contributed by atoms with Crippen LogP contribution in [0.5, 0.6) is 5.88 Å². The average molecular weight is 309 g/mol. The van der Waals surface area contributed by atoms with Crippen molar-refractivity contribution in [2.24, 2.45) is 5.92 Å². The first kappa shape index (κ1) is 14.2. The summed E-state index contributed by atoms with van der Waals surface area (Å²) >= 11 is 5.73. The number of hydrogen-bond acceptors (Lipinski definition) is 5. The third-order valence-electron chi connectivity index (χ3n) is 3.33. The summed E-state index contributed by atoms with van der Waals surface area (Å²) in [4.78, 5) is 13.8. The van der Waals surface area contributed by atoms with Crippen LogP contribution in [0.2, 0.25) is 5.15 Å². The molecule has 1 fully saturated rings. The molecule has 1 saturated heterocycles. The molecule has 0 bridgehead atoms. The van der Waals surface area contributed by atoms with Crippen LogP contribution in [0.3, 0.4) is 0 Å². The molecule has 0 amide bonds. The van der Waals surface area contributed by atoms with Crippen molar-refractivity contribution in [3.05, 3.63) is 47.4 Å². The Kier molecular flexibility index (Phi) is 4.26. The Morgan fingerprint density at radius 1 is 1.29 bits per heavy atom. The van der Waals surface area contributed by atoms with E-state index in [1.807, 2.05) is 0 Å². The van der Waals surface area contributed by atoms with Gasteiger partial charge in [-0.25, -0.2) is 4.39 Å². The molecule has 2 aromatic rings. The van der Waals surface area contributed by atoms with Crippen LogP contribution in [0.15, 0.2) is 30.9 Å². The zero-order valence-corrected chi connectivity index (χ0v) is 12.0. The van der Waals surface area contributed by atoms with Crippen molar-refractivity contribution in [1.29, 1.82) is 0 Å². The Morgan fingerprint density at radius 3 is 2.90 bits per heavy atom. The summed E-state index contributed by atoms with van der Waals surface area (Å²) in [6.45, 7) is 2.90. The van der Waals surface area contributed by atoms with Crippen molar-refractivity contribution in [1.82, 2.24) is 19.9 Å². The van der Waals surface area contributed by atoms with Gasteiger partial charge in [0.15, 0.2) is 5.15 Å². The van der Waals surface area contributed by atoms with Gasteiger partial charge in [-0.15, -0.1) is 0 Å². The maximum atomic E-state index is 13.5. The van der Waals surface area contributed by atoms with Gasteiger partial charge in [0, 0.05) is 37.3 Å². The summed E-state index contributed by atoms with van der Waals surface area (Å²) in [5.41, 5.74) is 0.671. The molecule has 0 unspecified atom stereocenters. The maximum absolute atomic E-state index is 13.5. The quantitative estimate of drug-likeness (QED) is 0.847. The molecular formula is C14H14ClFN4O. The normalized spacial score (nSPS) is 15.7. The molecule has 3 heterocycles. The van der Waals surface area contributed by atoms with E-state index < -0.39 is 0 Å². The smallest absolute Gasteiger partial charge is 0.233 e. The zero-order chi connectivity index (χ0) is 14.7. The molecule has 1 aliphatic heterocycles. The Bertz CT molecular complexity index is 621. The van der Waals surface area contributed by atoms with Crippen molar-refractivity contribution in [3.8, 4) is 5.88 Å². The van der Waals surface area contributed by atoms with E-state index in [-0.39, 0.29) is 5.82 Å². The van der Waals surface area contributed by atoms with Gasteiger partial charge in [0.1, 0.15) is 5.82 Å². The summed E-state index contributed by atoms with van der Waals surface area (Å²) in [5.74, 6) is 0.586.